The molecule has 0 bridgehead atoms. The van der Waals surface area contributed by atoms with E-state index in [0.717, 1.165) is 117 Å². The summed E-state index contributed by atoms with van der Waals surface area (Å²) in [5, 5.41) is 4.92. The van der Waals surface area contributed by atoms with Gasteiger partial charge >= 0.3 is 0 Å². The van der Waals surface area contributed by atoms with Gasteiger partial charge in [-0.25, -0.2) is 0 Å². The molecule has 8 heteroatoms. The normalized spacial score (nSPS) is 13.8. The molecule has 2 spiro atoms. The van der Waals surface area contributed by atoms with Crippen LogP contribution in [0.15, 0.2) is 324 Å². The SMILES string of the molecule is Brc1ccc2c(c1)C1(c3ccccc3O2)c2ccccc2Oc2ccc(Br)cc21.c1ccc2c(c1)Cc1ccccc1-2.c1ccc2c(c1)Oc1ccc(-n3c4ccccc4c4ccccc43)cc1C21c2ccccc2Oc2ccc(-n3c4ccccc4c4ccccc43)cc21. The molecular formula is C87H54Br2N2O4. The Labute approximate surface area is 565 Å². The van der Waals surface area contributed by atoms with Crippen LogP contribution in [0.25, 0.3) is 66.1 Å². The standard InChI is InChI=1S/C49H30N2O2.C25H14Br2O2.C13H10/c1-7-19-41-33(13-1)34-14-2-8-20-42(34)50(41)31-25-27-47-39(29-31)49(37-17-5-11-23-45(37)52-47)38-18-6-12-24-46(38)53-48-28-26-32(30-40(48)49)51-43-21-9-3-15-35(43)36-16-4-10-22-44(36)51;26-15-9-11-23-19(13-15)25(17-5-1-3-7-21(17)28-23)18-6-2-4-8-22(18)29-24-12-10-16(27)14-20(24)25;1-3-7-12-10(5-1)9-11-6-2-4-8-13(11)12/h1-30H;1-14H;1-8H,9H2. The van der Waals surface area contributed by atoms with Crippen LogP contribution < -0.4 is 18.9 Å². The Morgan fingerprint density at radius 3 is 0.853 bits per heavy atom. The molecule has 0 unspecified atom stereocenters. The predicted molar refractivity (Wildman–Crippen MR) is 389 cm³/mol. The zero-order chi connectivity index (χ0) is 62.9. The van der Waals surface area contributed by atoms with Crippen LogP contribution in [0.1, 0.15) is 55.6 Å². The zero-order valence-electron chi connectivity index (χ0n) is 51.0. The largest absolute Gasteiger partial charge is 0.457 e. The molecule has 1 aliphatic carbocycles. The fourth-order valence-corrected chi connectivity index (χ4v) is 16.7. The van der Waals surface area contributed by atoms with E-state index in [1.165, 1.54) is 65.9 Å². The molecule has 6 nitrogen and oxygen atoms in total. The summed E-state index contributed by atoms with van der Waals surface area (Å²) in [5.74, 6) is 6.79. The van der Waals surface area contributed by atoms with Crippen LogP contribution in [0.4, 0.5) is 0 Å². The summed E-state index contributed by atoms with van der Waals surface area (Å²) in [6.07, 6.45) is 1.10. The van der Waals surface area contributed by atoms with Gasteiger partial charge in [0.15, 0.2) is 0 Å². The Balaban J connectivity index is 0.000000126. The molecule has 0 atom stereocenters. The first-order chi connectivity index (χ1) is 46.9. The molecule has 5 aliphatic rings. The third-order valence-electron chi connectivity index (χ3n) is 19.9. The first kappa shape index (κ1) is 55.5. The monoisotopic (exact) mass is 1350 g/mol. The highest BCUT2D eigenvalue weighted by atomic mass is 79.9. The fraction of sp³-hybridized carbons (Fsp3) is 0.0345. The van der Waals surface area contributed by atoms with Crippen molar-refractivity contribution in [2.75, 3.05) is 0 Å². The van der Waals surface area contributed by atoms with Crippen molar-refractivity contribution in [3.05, 3.63) is 380 Å². The van der Waals surface area contributed by atoms with Crippen molar-refractivity contribution in [3.8, 4) is 68.5 Å². The Kier molecular flexibility index (Phi) is 12.7. The van der Waals surface area contributed by atoms with Gasteiger partial charge in [0.2, 0.25) is 0 Å². The second-order valence-electron chi connectivity index (χ2n) is 24.8. The lowest BCUT2D eigenvalue weighted by atomic mass is 9.62. The average Bonchev–Trinajstić information content (AvgIpc) is 0.797. The van der Waals surface area contributed by atoms with Gasteiger partial charge in [0.05, 0.1) is 32.9 Å². The highest BCUT2D eigenvalue weighted by Crippen LogP contribution is 2.64. The fourth-order valence-electron chi connectivity index (χ4n) is 16.0. The second kappa shape index (κ2) is 21.7. The molecule has 95 heavy (non-hydrogen) atoms. The lowest BCUT2D eigenvalue weighted by Gasteiger charge is -2.45. The van der Waals surface area contributed by atoms with E-state index in [-0.39, 0.29) is 0 Å². The second-order valence-corrected chi connectivity index (χ2v) is 26.6. The summed E-state index contributed by atoms with van der Waals surface area (Å²) in [6, 6.07) is 111. The van der Waals surface area contributed by atoms with Crippen LogP contribution in [0.3, 0.4) is 0 Å². The van der Waals surface area contributed by atoms with Gasteiger partial charge < -0.3 is 28.1 Å². The van der Waals surface area contributed by atoms with Crippen molar-refractivity contribution in [3.63, 3.8) is 0 Å². The minimum Gasteiger partial charge on any atom is -0.457 e. The number of hydrogen-bond acceptors (Lipinski definition) is 4. The summed E-state index contributed by atoms with van der Waals surface area (Å²) in [6.45, 7) is 0. The van der Waals surface area contributed by atoms with E-state index in [9.17, 15) is 0 Å². The number of fused-ring (bicyclic) bond motifs is 25. The number of benzene rings is 14. The third-order valence-corrected chi connectivity index (χ3v) is 20.8. The number of halogens is 2. The molecule has 2 aromatic heterocycles. The molecule has 14 aromatic carbocycles. The molecule has 21 rings (SSSR count). The molecule has 0 radical (unpaired) electrons. The number of hydrogen-bond donors (Lipinski definition) is 0. The maximum Gasteiger partial charge on any atom is 0.132 e. The molecule has 16 aromatic rings. The lowest BCUT2D eigenvalue weighted by molar-refractivity contribution is 0.398. The smallest absolute Gasteiger partial charge is 0.132 e. The number of ether oxygens (including phenoxy) is 4. The van der Waals surface area contributed by atoms with E-state index in [4.69, 9.17) is 18.9 Å². The van der Waals surface area contributed by atoms with Crippen LogP contribution >= 0.6 is 31.9 Å². The van der Waals surface area contributed by atoms with Crippen molar-refractivity contribution in [2.24, 2.45) is 0 Å². The van der Waals surface area contributed by atoms with Gasteiger partial charge in [0, 0.05) is 86.4 Å². The summed E-state index contributed by atoms with van der Waals surface area (Å²) >= 11 is 7.36. The van der Waals surface area contributed by atoms with Gasteiger partial charge in [-0.15, -0.1) is 0 Å². The van der Waals surface area contributed by atoms with Crippen LogP contribution in [0, 0.1) is 0 Å². The molecule has 6 heterocycles. The number of aromatic nitrogens is 2. The molecular weight excluding hydrogens is 1300 g/mol. The van der Waals surface area contributed by atoms with Crippen molar-refractivity contribution in [2.45, 2.75) is 17.3 Å². The van der Waals surface area contributed by atoms with Gasteiger partial charge in [0.1, 0.15) is 46.0 Å². The quantitative estimate of drug-likeness (QED) is 0.173. The molecule has 0 N–H and O–H groups in total. The molecule has 0 saturated carbocycles. The minimum atomic E-state index is -0.752. The first-order valence-electron chi connectivity index (χ1n) is 32.0. The van der Waals surface area contributed by atoms with E-state index >= 15 is 0 Å². The van der Waals surface area contributed by atoms with Crippen molar-refractivity contribution in [1.82, 2.24) is 9.13 Å². The Bertz CT molecular complexity index is 5400. The van der Waals surface area contributed by atoms with Gasteiger partial charge in [-0.1, -0.05) is 226 Å². The topological polar surface area (TPSA) is 46.8 Å². The first-order valence-corrected chi connectivity index (χ1v) is 33.6. The third kappa shape index (κ3) is 8.34. The zero-order valence-corrected chi connectivity index (χ0v) is 54.2. The summed E-state index contributed by atoms with van der Waals surface area (Å²) < 4.78 is 33.2. The number of para-hydroxylation sites is 8. The van der Waals surface area contributed by atoms with Crippen LogP contribution in [-0.4, -0.2) is 9.13 Å². The highest BCUT2D eigenvalue weighted by molar-refractivity contribution is 9.10. The Hall–Kier alpha value is -11.2. The van der Waals surface area contributed by atoms with Gasteiger partial charge in [-0.2, -0.15) is 0 Å². The molecule has 450 valence electrons. The van der Waals surface area contributed by atoms with E-state index in [0.29, 0.717) is 0 Å². The summed E-state index contributed by atoms with van der Waals surface area (Å²) in [5.41, 5.74) is 20.0. The van der Waals surface area contributed by atoms with E-state index in [1.807, 2.05) is 48.5 Å². The molecule has 0 amide bonds. The molecule has 4 aliphatic heterocycles. The minimum absolute atomic E-state index is 0.540. The van der Waals surface area contributed by atoms with Crippen molar-refractivity contribution >= 4 is 75.5 Å². The van der Waals surface area contributed by atoms with Gasteiger partial charge in [-0.3, -0.25) is 0 Å². The summed E-state index contributed by atoms with van der Waals surface area (Å²) in [7, 11) is 0. The maximum absolute atomic E-state index is 6.84. The number of nitrogens with zero attached hydrogens (tertiary/aromatic N) is 2. The van der Waals surface area contributed by atoms with E-state index < -0.39 is 10.8 Å². The highest BCUT2D eigenvalue weighted by Gasteiger charge is 2.52. The van der Waals surface area contributed by atoms with Crippen LogP contribution in [0.5, 0.6) is 46.0 Å². The summed E-state index contributed by atoms with van der Waals surface area (Å²) in [4.78, 5) is 0. The Morgan fingerprint density at radius 1 is 0.242 bits per heavy atom. The molecule has 0 saturated heterocycles. The average molecular weight is 1350 g/mol. The van der Waals surface area contributed by atoms with Crippen molar-refractivity contribution < 1.29 is 18.9 Å². The maximum atomic E-state index is 6.84. The van der Waals surface area contributed by atoms with Crippen molar-refractivity contribution in [1.29, 1.82) is 0 Å². The van der Waals surface area contributed by atoms with Crippen LogP contribution in [-0.2, 0) is 17.3 Å². The van der Waals surface area contributed by atoms with Crippen LogP contribution in [0.2, 0.25) is 0 Å². The lowest BCUT2D eigenvalue weighted by Crippen LogP contribution is -2.37. The molecule has 0 fully saturated rings. The Morgan fingerprint density at radius 2 is 0.505 bits per heavy atom. The van der Waals surface area contributed by atoms with E-state index in [1.54, 1.807) is 0 Å². The predicted octanol–water partition coefficient (Wildman–Crippen LogP) is 23.5. The van der Waals surface area contributed by atoms with Gasteiger partial charge in [-0.05, 0) is 150 Å². The number of rotatable bonds is 2. The van der Waals surface area contributed by atoms with Gasteiger partial charge in [0.25, 0.3) is 0 Å². The van der Waals surface area contributed by atoms with E-state index in [2.05, 4.69) is 308 Å².